The number of nitrogens with zero attached hydrogens (tertiary/aromatic N) is 5. The summed E-state index contributed by atoms with van der Waals surface area (Å²) in [6.07, 6.45) is 0. The SMILES string of the molecule is Cc1ccc(-c2nnnn2-c2cc(C)on2)cc1. The molecule has 3 aromatic rings. The molecule has 0 aliphatic rings. The van der Waals surface area contributed by atoms with Crippen molar-refractivity contribution in [1.82, 2.24) is 25.4 Å². The van der Waals surface area contributed by atoms with Crippen molar-refractivity contribution >= 4 is 0 Å². The van der Waals surface area contributed by atoms with Crippen LogP contribution in [-0.2, 0) is 0 Å². The van der Waals surface area contributed by atoms with E-state index in [0.717, 1.165) is 11.3 Å². The molecule has 0 aliphatic heterocycles. The van der Waals surface area contributed by atoms with E-state index >= 15 is 0 Å². The summed E-state index contributed by atoms with van der Waals surface area (Å²) < 4.78 is 6.59. The fourth-order valence-electron chi connectivity index (χ4n) is 1.68. The molecule has 0 saturated heterocycles. The summed E-state index contributed by atoms with van der Waals surface area (Å²) in [4.78, 5) is 0. The van der Waals surface area contributed by atoms with Crippen molar-refractivity contribution in [3.8, 4) is 17.2 Å². The van der Waals surface area contributed by atoms with Gasteiger partial charge >= 0.3 is 0 Å². The number of aryl methyl sites for hydroxylation is 2. The smallest absolute Gasteiger partial charge is 0.200 e. The predicted octanol–water partition coefficient (Wildman–Crippen LogP) is 1.93. The Kier molecular flexibility index (Phi) is 2.40. The molecule has 6 heteroatoms. The van der Waals surface area contributed by atoms with Crippen LogP contribution in [0.25, 0.3) is 17.2 Å². The Morgan fingerprint density at radius 1 is 1.11 bits per heavy atom. The first-order valence-corrected chi connectivity index (χ1v) is 5.53. The van der Waals surface area contributed by atoms with Crippen LogP contribution in [0.1, 0.15) is 11.3 Å². The average Bonchev–Trinajstić information content (AvgIpc) is 2.98. The van der Waals surface area contributed by atoms with E-state index < -0.39 is 0 Å². The lowest BCUT2D eigenvalue weighted by atomic mass is 10.1. The molecule has 2 aromatic heterocycles. The highest BCUT2D eigenvalue weighted by molar-refractivity contribution is 5.56. The zero-order chi connectivity index (χ0) is 12.5. The molecule has 0 fully saturated rings. The van der Waals surface area contributed by atoms with Gasteiger partial charge in [-0.25, -0.2) is 0 Å². The molecule has 0 saturated carbocycles. The summed E-state index contributed by atoms with van der Waals surface area (Å²) >= 11 is 0. The van der Waals surface area contributed by atoms with Crippen LogP contribution in [0.3, 0.4) is 0 Å². The molecule has 0 aliphatic carbocycles. The van der Waals surface area contributed by atoms with E-state index in [1.54, 1.807) is 10.7 Å². The van der Waals surface area contributed by atoms with Crippen molar-refractivity contribution < 1.29 is 4.52 Å². The first kappa shape index (κ1) is 10.6. The van der Waals surface area contributed by atoms with E-state index in [-0.39, 0.29) is 0 Å². The summed E-state index contributed by atoms with van der Waals surface area (Å²) in [5.74, 6) is 1.94. The van der Waals surface area contributed by atoms with Crippen LogP contribution in [-0.4, -0.2) is 25.4 Å². The maximum Gasteiger partial charge on any atom is 0.200 e. The van der Waals surface area contributed by atoms with Crippen LogP contribution in [0.2, 0.25) is 0 Å². The van der Waals surface area contributed by atoms with Gasteiger partial charge in [-0.2, -0.15) is 4.68 Å². The van der Waals surface area contributed by atoms with Gasteiger partial charge in [-0.05, 0) is 24.3 Å². The summed E-state index contributed by atoms with van der Waals surface area (Å²) in [6, 6.07) is 9.77. The summed E-state index contributed by atoms with van der Waals surface area (Å²) in [6.45, 7) is 3.86. The molecule has 0 N–H and O–H groups in total. The molecule has 1 aromatic carbocycles. The molecule has 18 heavy (non-hydrogen) atoms. The first-order valence-electron chi connectivity index (χ1n) is 5.53. The van der Waals surface area contributed by atoms with Gasteiger partial charge in [0.2, 0.25) is 5.82 Å². The van der Waals surface area contributed by atoms with Crippen LogP contribution >= 0.6 is 0 Å². The second kappa shape index (κ2) is 4.06. The number of hydrogen-bond acceptors (Lipinski definition) is 5. The van der Waals surface area contributed by atoms with Gasteiger partial charge in [-0.3, -0.25) is 0 Å². The Morgan fingerprint density at radius 3 is 2.56 bits per heavy atom. The minimum absolute atomic E-state index is 0.577. The van der Waals surface area contributed by atoms with E-state index in [9.17, 15) is 0 Å². The fraction of sp³-hybridized carbons (Fsp3) is 0.167. The van der Waals surface area contributed by atoms with Crippen molar-refractivity contribution in [2.75, 3.05) is 0 Å². The molecule has 0 unspecified atom stereocenters. The topological polar surface area (TPSA) is 69.6 Å². The third-order valence-corrected chi connectivity index (χ3v) is 2.61. The third kappa shape index (κ3) is 1.77. The number of benzene rings is 1. The monoisotopic (exact) mass is 241 g/mol. The molecule has 0 spiro atoms. The summed E-state index contributed by atoms with van der Waals surface area (Å²) in [5, 5.41) is 15.5. The Labute approximate surface area is 103 Å². The second-order valence-corrected chi connectivity index (χ2v) is 4.08. The van der Waals surface area contributed by atoms with Crippen molar-refractivity contribution in [1.29, 1.82) is 0 Å². The minimum Gasteiger partial charge on any atom is -0.359 e. The second-order valence-electron chi connectivity index (χ2n) is 4.08. The number of rotatable bonds is 2. The summed E-state index contributed by atoms with van der Waals surface area (Å²) in [7, 11) is 0. The number of tetrazole rings is 1. The molecule has 0 bridgehead atoms. The van der Waals surface area contributed by atoms with Crippen molar-refractivity contribution in [2.45, 2.75) is 13.8 Å². The van der Waals surface area contributed by atoms with E-state index in [4.69, 9.17) is 4.52 Å². The highest BCUT2D eigenvalue weighted by atomic mass is 16.5. The standard InChI is InChI=1S/C12H11N5O/c1-8-3-5-10(6-4-8)12-13-15-16-17(12)11-7-9(2)18-14-11/h3-7H,1-2H3. The minimum atomic E-state index is 0.577. The first-order chi connectivity index (χ1) is 8.74. The summed E-state index contributed by atoms with van der Waals surface area (Å²) in [5.41, 5.74) is 2.13. The Morgan fingerprint density at radius 2 is 1.89 bits per heavy atom. The van der Waals surface area contributed by atoms with Crippen molar-refractivity contribution in [2.24, 2.45) is 0 Å². The lowest BCUT2D eigenvalue weighted by molar-refractivity contribution is 0.393. The Bertz CT molecular complexity index is 668. The zero-order valence-corrected chi connectivity index (χ0v) is 10.0. The molecular weight excluding hydrogens is 230 g/mol. The predicted molar refractivity (Wildman–Crippen MR) is 64.1 cm³/mol. The Hall–Kier alpha value is -2.50. The molecule has 0 atom stereocenters. The van der Waals surface area contributed by atoms with Crippen LogP contribution in [0.4, 0.5) is 0 Å². The molecule has 0 amide bonds. The maximum absolute atomic E-state index is 5.03. The largest absolute Gasteiger partial charge is 0.359 e. The van der Waals surface area contributed by atoms with E-state index in [1.807, 2.05) is 38.1 Å². The van der Waals surface area contributed by atoms with Gasteiger partial charge in [0.15, 0.2) is 5.82 Å². The van der Waals surface area contributed by atoms with Gasteiger partial charge in [0.25, 0.3) is 0 Å². The van der Waals surface area contributed by atoms with E-state index in [2.05, 4.69) is 20.7 Å². The molecular formula is C12H11N5O. The van der Waals surface area contributed by atoms with E-state index in [1.165, 1.54) is 5.56 Å². The average molecular weight is 241 g/mol. The molecule has 6 nitrogen and oxygen atoms in total. The van der Waals surface area contributed by atoms with Crippen LogP contribution in [0.15, 0.2) is 34.9 Å². The van der Waals surface area contributed by atoms with Gasteiger partial charge in [-0.1, -0.05) is 35.0 Å². The highest BCUT2D eigenvalue weighted by Crippen LogP contribution is 2.19. The van der Waals surface area contributed by atoms with Gasteiger partial charge in [0.1, 0.15) is 5.76 Å². The van der Waals surface area contributed by atoms with Crippen molar-refractivity contribution in [3.05, 3.63) is 41.7 Å². The van der Waals surface area contributed by atoms with Gasteiger partial charge in [-0.15, -0.1) is 5.10 Å². The Balaban J connectivity index is 2.09. The molecule has 2 heterocycles. The maximum atomic E-state index is 5.03. The number of aromatic nitrogens is 5. The lowest BCUT2D eigenvalue weighted by Crippen LogP contribution is -1.99. The quantitative estimate of drug-likeness (QED) is 0.685. The lowest BCUT2D eigenvalue weighted by Gasteiger charge is -2.00. The third-order valence-electron chi connectivity index (χ3n) is 2.61. The van der Waals surface area contributed by atoms with Gasteiger partial charge < -0.3 is 4.52 Å². The van der Waals surface area contributed by atoms with Crippen LogP contribution < -0.4 is 0 Å². The molecule has 3 rings (SSSR count). The molecule has 0 radical (unpaired) electrons. The van der Waals surface area contributed by atoms with E-state index in [0.29, 0.717) is 11.6 Å². The number of hydrogen-bond donors (Lipinski definition) is 0. The van der Waals surface area contributed by atoms with Crippen LogP contribution in [0, 0.1) is 13.8 Å². The zero-order valence-electron chi connectivity index (χ0n) is 10.0. The van der Waals surface area contributed by atoms with Crippen molar-refractivity contribution in [3.63, 3.8) is 0 Å². The fourth-order valence-corrected chi connectivity index (χ4v) is 1.68. The molecule has 90 valence electrons. The van der Waals surface area contributed by atoms with Gasteiger partial charge in [0, 0.05) is 11.6 Å². The normalized spacial score (nSPS) is 10.8. The highest BCUT2D eigenvalue weighted by Gasteiger charge is 2.13. The van der Waals surface area contributed by atoms with Gasteiger partial charge in [0.05, 0.1) is 0 Å². The van der Waals surface area contributed by atoms with Crippen LogP contribution in [0.5, 0.6) is 0 Å².